The Morgan fingerprint density at radius 3 is 0.779 bits per heavy atom. The molecule has 0 unspecified atom stereocenters. The molecule has 27 aromatic rings. The zero-order valence-electron chi connectivity index (χ0n) is 76.6. The second kappa shape index (κ2) is 42.0. The Bertz CT molecular complexity index is 8130. The van der Waals surface area contributed by atoms with Crippen LogP contribution in [-0.2, 0) is 0 Å². The Morgan fingerprint density at radius 2 is 0.427 bits per heavy atom. The summed E-state index contributed by atoms with van der Waals surface area (Å²) in [6, 6.07) is 153. The maximum atomic E-state index is 6.17. The van der Waals surface area contributed by atoms with Gasteiger partial charge < -0.3 is 17.7 Å². The molecule has 642 valence electrons. The van der Waals surface area contributed by atoms with Crippen LogP contribution in [0.5, 0.6) is 0 Å². The van der Waals surface area contributed by atoms with Crippen molar-refractivity contribution >= 4 is 216 Å². The third-order valence-electron chi connectivity index (χ3n) is 23.3. The van der Waals surface area contributed by atoms with Gasteiger partial charge in [0.1, 0.15) is 44.7 Å². The summed E-state index contributed by atoms with van der Waals surface area (Å²) in [7, 11) is 0. The molecule has 0 aliphatic rings. The summed E-state index contributed by atoms with van der Waals surface area (Å²) in [6.07, 6.45) is 0. The van der Waals surface area contributed by atoms with Gasteiger partial charge in [-0.3, -0.25) is 0 Å². The van der Waals surface area contributed by atoms with Crippen LogP contribution in [0.25, 0.3) is 216 Å². The minimum atomic E-state index is 0.958. The largest absolute Gasteiger partial charge is 0.455 e. The van der Waals surface area contributed by atoms with Gasteiger partial charge in [0.2, 0.25) is 0 Å². The highest BCUT2D eigenvalue weighted by Crippen LogP contribution is 2.45. The molecule has 27 rings (SSSR count). The fraction of sp³-hybridized carbons (Fsp3) is 0.0952. The molecule has 0 radical (unpaired) electrons. The molecule has 0 fully saturated rings. The summed E-state index contributed by atoms with van der Waals surface area (Å²) < 4.78 is 27.4. The number of hydrogen-bond acceptors (Lipinski definition) is 5. The predicted octanol–water partition coefficient (Wildman–Crippen LogP) is 39.6. The molecule has 0 spiro atoms. The zero-order valence-corrected chi connectivity index (χ0v) is 77.4. The van der Waals surface area contributed by atoms with Crippen LogP contribution < -0.4 is 0 Å². The van der Waals surface area contributed by atoms with Crippen molar-refractivity contribution < 1.29 is 17.7 Å². The van der Waals surface area contributed by atoms with Crippen molar-refractivity contribution in [1.82, 2.24) is 0 Å². The van der Waals surface area contributed by atoms with Crippen LogP contribution in [0.2, 0.25) is 0 Å². The monoisotopic (exact) mass is 1720 g/mol. The Kier molecular flexibility index (Phi) is 28.6. The molecule has 5 heterocycles. The molecule has 4 nitrogen and oxygen atoms in total. The lowest BCUT2D eigenvalue weighted by atomic mass is 10.0. The van der Waals surface area contributed by atoms with E-state index >= 15 is 0 Å². The van der Waals surface area contributed by atoms with E-state index < -0.39 is 0 Å². The van der Waals surface area contributed by atoms with Crippen molar-refractivity contribution in [2.75, 3.05) is 0 Å². The van der Waals surface area contributed by atoms with Gasteiger partial charge in [0, 0.05) is 84.8 Å². The molecule has 0 aliphatic carbocycles. The second-order valence-electron chi connectivity index (χ2n) is 30.9. The number of benzene rings is 22. The number of hydrogen-bond donors (Lipinski definition) is 0. The second-order valence-corrected chi connectivity index (χ2v) is 31.9. The molecule has 5 heteroatoms. The number of fused-ring (bicyclic) bond motifs is 31. The van der Waals surface area contributed by atoms with Gasteiger partial charge in [0.15, 0.2) is 0 Å². The highest BCUT2D eigenvalue weighted by Gasteiger charge is 2.18. The quantitative estimate of drug-likeness (QED) is 0.164. The van der Waals surface area contributed by atoms with Crippen LogP contribution in [0.1, 0.15) is 80.4 Å². The van der Waals surface area contributed by atoms with Gasteiger partial charge in [-0.15, -0.1) is 11.3 Å². The fourth-order valence-corrected chi connectivity index (χ4v) is 18.7. The van der Waals surface area contributed by atoms with Crippen molar-refractivity contribution in [3.63, 3.8) is 0 Å². The SMILES string of the molecule is CC.CC.CC.CC.CC.Cc1ccccc1.Cc1ccccc1.c1ccc(-c2cccc3c2sc2ccc4ccccc4c23)cc1.c1ccc2c(c1)ccc1c2oc2ccc3ccccc3c21.c1ccc2c(c1)ccc1c2oc2ccc3ccccc3c21.c1ccc2cc3c(cc2c1)oc1c2ccccc2ccc31.c1ccc2cc3c(cc2c1)oc1c2ccccc2ccc31. The first-order valence-electron chi connectivity index (χ1n) is 46.1. The Morgan fingerprint density at radius 1 is 0.168 bits per heavy atom. The van der Waals surface area contributed by atoms with Crippen molar-refractivity contribution in [3.8, 4) is 11.1 Å². The molecule has 0 N–H and O–H groups in total. The van der Waals surface area contributed by atoms with Gasteiger partial charge in [0.05, 0.1) is 0 Å². The summed E-state index contributed by atoms with van der Waals surface area (Å²) in [5, 5.41) is 34.5. The van der Waals surface area contributed by atoms with Crippen molar-refractivity contribution in [2.45, 2.75) is 83.1 Å². The molecule has 0 atom stereocenters. The fourth-order valence-electron chi connectivity index (χ4n) is 17.4. The lowest BCUT2D eigenvalue weighted by Gasteiger charge is -2.03. The van der Waals surface area contributed by atoms with E-state index in [9.17, 15) is 0 Å². The first-order valence-corrected chi connectivity index (χ1v) is 47.0. The van der Waals surface area contributed by atoms with E-state index in [4.69, 9.17) is 17.7 Å². The number of rotatable bonds is 1. The normalized spacial score (nSPS) is 10.7. The smallest absolute Gasteiger partial charge is 0.143 e. The van der Waals surface area contributed by atoms with E-state index in [1.165, 1.54) is 182 Å². The Labute approximate surface area is 770 Å². The predicted molar refractivity (Wildman–Crippen MR) is 576 cm³/mol. The molecule has 0 saturated heterocycles. The van der Waals surface area contributed by atoms with Gasteiger partial charge >= 0.3 is 0 Å². The lowest BCUT2D eigenvalue weighted by molar-refractivity contribution is 0.672. The van der Waals surface area contributed by atoms with E-state index in [0.29, 0.717) is 0 Å². The molecular weight excluding hydrogens is 1610 g/mol. The van der Waals surface area contributed by atoms with E-state index in [2.05, 4.69) is 414 Å². The third-order valence-corrected chi connectivity index (χ3v) is 24.5. The van der Waals surface area contributed by atoms with E-state index in [-0.39, 0.29) is 0 Å². The van der Waals surface area contributed by atoms with Gasteiger partial charge in [-0.1, -0.05) is 450 Å². The standard InChI is InChI=1S/C22H14S.4C20H12O.2C7H8.5C2H6/c1-2-7-15(8-3-1)18-11-6-12-19-21-17-10-5-4-9-16(17)13-14-20(21)23-22(18)19;2*1-3-7-15-13(5-1)10-12-18-19(15)17-11-9-14-6-2-4-8-16(14)20(17)21-18;2*1-2-7-15-12-19-18(11-14(15)6-1)17-10-9-13-5-3-4-8-16(13)20(17)21-19;2*1-7-5-3-2-4-6-7;5*1-2/h1-14H;4*1-12H;2*2-6H,1H3;5*1-2H3. The Balaban J connectivity index is 0.000000113. The van der Waals surface area contributed by atoms with E-state index in [1.54, 1.807) is 0 Å². The number of aryl methyl sites for hydroxylation is 2. The zero-order chi connectivity index (χ0) is 90.7. The van der Waals surface area contributed by atoms with Crippen molar-refractivity contribution in [2.24, 2.45) is 0 Å². The van der Waals surface area contributed by atoms with Crippen LogP contribution in [0, 0.1) is 13.8 Å². The highest BCUT2D eigenvalue weighted by atomic mass is 32.1. The summed E-state index contributed by atoms with van der Waals surface area (Å²) >= 11 is 1.90. The first-order chi connectivity index (χ1) is 64.8. The van der Waals surface area contributed by atoms with Crippen LogP contribution in [-0.4, -0.2) is 0 Å². The van der Waals surface area contributed by atoms with Crippen LogP contribution in [0.3, 0.4) is 0 Å². The summed E-state index contributed by atoms with van der Waals surface area (Å²) in [5.74, 6) is 0. The molecular formula is C126H108O4S. The summed E-state index contributed by atoms with van der Waals surface area (Å²) in [5.41, 5.74) is 13.0. The Hall–Kier alpha value is -15.4. The van der Waals surface area contributed by atoms with Gasteiger partial charge in [-0.2, -0.15) is 0 Å². The van der Waals surface area contributed by atoms with Gasteiger partial charge in [-0.05, 0) is 167 Å². The van der Waals surface area contributed by atoms with Crippen LogP contribution >= 0.6 is 11.3 Å². The molecule has 22 aromatic carbocycles. The minimum absolute atomic E-state index is 0.958. The maximum Gasteiger partial charge on any atom is 0.143 e. The lowest BCUT2D eigenvalue weighted by Crippen LogP contribution is -1.77. The number of thiophene rings is 1. The van der Waals surface area contributed by atoms with Crippen LogP contribution in [0.15, 0.2) is 454 Å². The van der Waals surface area contributed by atoms with Crippen molar-refractivity contribution in [3.05, 3.63) is 448 Å². The van der Waals surface area contributed by atoms with E-state index in [1.807, 2.05) is 117 Å². The van der Waals surface area contributed by atoms with Crippen molar-refractivity contribution in [1.29, 1.82) is 0 Å². The van der Waals surface area contributed by atoms with Gasteiger partial charge in [-0.25, -0.2) is 0 Å². The minimum Gasteiger partial charge on any atom is -0.455 e. The topological polar surface area (TPSA) is 52.6 Å². The third kappa shape index (κ3) is 18.5. The first kappa shape index (κ1) is 89.0. The highest BCUT2D eigenvalue weighted by molar-refractivity contribution is 7.26. The summed E-state index contributed by atoms with van der Waals surface area (Å²) in [4.78, 5) is 0. The molecule has 131 heavy (non-hydrogen) atoms. The maximum absolute atomic E-state index is 6.17. The molecule has 0 aliphatic heterocycles. The average molecular weight is 1720 g/mol. The number of furan rings is 4. The molecule has 0 saturated carbocycles. The average Bonchev–Trinajstić information content (AvgIpc) is 1.59. The van der Waals surface area contributed by atoms with E-state index in [0.717, 1.165) is 44.7 Å². The molecule has 0 bridgehead atoms. The van der Waals surface area contributed by atoms with Crippen LogP contribution in [0.4, 0.5) is 0 Å². The summed E-state index contributed by atoms with van der Waals surface area (Å²) in [6.45, 7) is 24.2. The molecule has 0 amide bonds. The molecule has 5 aromatic heterocycles. The van der Waals surface area contributed by atoms with Gasteiger partial charge in [0.25, 0.3) is 0 Å².